The summed E-state index contributed by atoms with van der Waals surface area (Å²) >= 11 is 0. The molecular formula is C59H55N. The standard InChI is InChI=1S/C59H55N/c1-4-5-9-20-46-41-59(47-21-12-7-13-22-47,48-23-14-8-15-24-48)57-39-45(31-37-52(46)57)44-29-34-50(35-30-44)60(49-32-27-43(28-33-49)42-18-10-6-11-19-42)51-36-38-54-53-25-16-17-26-55(53)58(2,3)56(54)40-51/h4-14,16,18-19,21-23,25,27-40,46,53,55H,1,15,17,20,24,26,41H2,2-3H3/b9-5-. The summed E-state index contributed by atoms with van der Waals surface area (Å²) in [4.78, 5) is 2.46. The normalized spacial score (nSPS) is 22.2. The molecule has 0 fully saturated rings. The average molecular weight is 778 g/mol. The van der Waals surface area contributed by atoms with Crippen molar-refractivity contribution in [2.45, 2.75) is 75.0 Å². The van der Waals surface area contributed by atoms with E-state index in [2.05, 4.69) is 213 Å². The van der Waals surface area contributed by atoms with Crippen molar-refractivity contribution in [3.8, 4) is 22.3 Å². The van der Waals surface area contributed by atoms with Gasteiger partial charge in [-0.05, 0) is 148 Å². The zero-order valence-corrected chi connectivity index (χ0v) is 35.1. The Morgan fingerprint density at radius 3 is 2.00 bits per heavy atom. The summed E-state index contributed by atoms with van der Waals surface area (Å²) in [5.41, 5.74) is 17.3. The summed E-state index contributed by atoms with van der Waals surface area (Å²) in [6, 6.07) is 55.1. The Morgan fingerprint density at radius 2 is 1.30 bits per heavy atom. The van der Waals surface area contributed by atoms with Crippen LogP contribution in [0.2, 0.25) is 0 Å². The van der Waals surface area contributed by atoms with Crippen LogP contribution in [0.1, 0.15) is 92.0 Å². The number of allylic oxidation sites excluding steroid dienone is 9. The van der Waals surface area contributed by atoms with Crippen molar-refractivity contribution < 1.29 is 0 Å². The first-order valence-corrected chi connectivity index (χ1v) is 22.2. The second-order valence-electron chi connectivity index (χ2n) is 18.0. The van der Waals surface area contributed by atoms with E-state index in [1.807, 2.05) is 6.08 Å². The highest BCUT2D eigenvalue weighted by atomic mass is 15.1. The molecule has 4 aliphatic carbocycles. The molecule has 4 aliphatic rings. The second-order valence-corrected chi connectivity index (χ2v) is 18.0. The number of benzene rings is 6. The SMILES string of the molecule is C=C/C=C\CC1CC(C2=CC=CCC2)(c2ccccc2)c2cc(-c3ccc(N(c4ccc(-c5ccccc5)cc4)c4ccc5c(c4)C(C)(C)C4CCC=CC54)cc3)ccc21. The molecule has 0 radical (unpaired) electrons. The van der Waals surface area contributed by atoms with Crippen molar-refractivity contribution in [2.24, 2.45) is 5.92 Å². The van der Waals surface area contributed by atoms with Gasteiger partial charge in [0.1, 0.15) is 0 Å². The monoisotopic (exact) mass is 777 g/mol. The highest BCUT2D eigenvalue weighted by Gasteiger charge is 2.48. The molecule has 0 N–H and O–H groups in total. The quantitative estimate of drug-likeness (QED) is 0.0989. The Hall–Kier alpha value is -6.18. The van der Waals surface area contributed by atoms with Crippen molar-refractivity contribution in [3.05, 3.63) is 234 Å². The van der Waals surface area contributed by atoms with Crippen LogP contribution in [0.15, 0.2) is 206 Å². The fourth-order valence-corrected chi connectivity index (χ4v) is 11.4. The van der Waals surface area contributed by atoms with Crippen LogP contribution in [0.3, 0.4) is 0 Å². The minimum atomic E-state index is -0.165. The largest absolute Gasteiger partial charge is 0.310 e. The van der Waals surface area contributed by atoms with E-state index < -0.39 is 0 Å². The van der Waals surface area contributed by atoms with Gasteiger partial charge in [-0.3, -0.25) is 0 Å². The lowest BCUT2D eigenvalue weighted by molar-refractivity contribution is 0.301. The van der Waals surface area contributed by atoms with E-state index in [9.17, 15) is 0 Å². The zero-order chi connectivity index (χ0) is 40.7. The smallest absolute Gasteiger partial charge is 0.0464 e. The summed E-state index contributed by atoms with van der Waals surface area (Å²) in [7, 11) is 0. The van der Waals surface area contributed by atoms with Crippen LogP contribution in [-0.4, -0.2) is 0 Å². The lowest BCUT2D eigenvalue weighted by Gasteiger charge is -2.36. The molecule has 0 aromatic heterocycles. The predicted molar refractivity (Wildman–Crippen MR) is 255 cm³/mol. The van der Waals surface area contributed by atoms with E-state index in [1.165, 1.54) is 74.2 Å². The van der Waals surface area contributed by atoms with Gasteiger partial charge >= 0.3 is 0 Å². The highest BCUT2D eigenvalue weighted by molar-refractivity contribution is 5.81. The van der Waals surface area contributed by atoms with Crippen LogP contribution in [0.5, 0.6) is 0 Å². The van der Waals surface area contributed by atoms with Crippen molar-refractivity contribution in [1.82, 2.24) is 0 Å². The maximum atomic E-state index is 3.95. The number of nitrogens with zero attached hydrogens (tertiary/aromatic N) is 1. The molecule has 296 valence electrons. The van der Waals surface area contributed by atoms with Crippen LogP contribution in [0.4, 0.5) is 17.1 Å². The summed E-state index contributed by atoms with van der Waals surface area (Å²) in [5.74, 6) is 1.58. The van der Waals surface area contributed by atoms with E-state index in [1.54, 1.807) is 0 Å². The van der Waals surface area contributed by atoms with Crippen molar-refractivity contribution in [3.63, 3.8) is 0 Å². The number of fused-ring (bicyclic) bond motifs is 4. The first kappa shape index (κ1) is 38.0. The first-order valence-electron chi connectivity index (χ1n) is 22.2. The molecular weight excluding hydrogens is 723 g/mol. The Kier molecular flexibility index (Phi) is 10.0. The fraction of sp³-hybridized carbons (Fsp3) is 0.220. The molecule has 0 amide bonds. The summed E-state index contributed by atoms with van der Waals surface area (Å²) in [5, 5.41) is 0. The third kappa shape index (κ3) is 6.56. The summed E-state index contributed by atoms with van der Waals surface area (Å²) < 4.78 is 0. The number of rotatable bonds is 10. The Labute approximate surface area is 357 Å². The zero-order valence-electron chi connectivity index (χ0n) is 35.1. The van der Waals surface area contributed by atoms with Crippen LogP contribution < -0.4 is 4.90 Å². The predicted octanol–water partition coefficient (Wildman–Crippen LogP) is 16.0. The van der Waals surface area contributed by atoms with Gasteiger partial charge in [-0.25, -0.2) is 0 Å². The van der Waals surface area contributed by atoms with E-state index in [-0.39, 0.29) is 10.8 Å². The van der Waals surface area contributed by atoms with Crippen LogP contribution in [0.25, 0.3) is 22.3 Å². The maximum Gasteiger partial charge on any atom is 0.0464 e. The van der Waals surface area contributed by atoms with Crippen molar-refractivity contribution in [1.29, 1.82) is 0 Å². The Morgan fingerprint density at radius 1 is 0.650 bits per heavy atom. The van der Waals surface area contributed by atoms with Crippen molar-refractivity contribution >= 4 is 17.1 Å². The van der Waals surface area contributed by atoms with Gasteiger partial charge in [0, 0.05) is 28.4 Å². The van der Waals surface area contributed by atoms with Gasteiger partial charge in [-0.15, -0.1) is 0 Å². The lowest BCUT2D eigenvalue weighted by atomic mass is 9.67. The van der Waals surface area contributed by atoms with E-state index in [0.29, 0.717) is 17.8 Å². The van der Waals surface area contributed by atoms with E-state index in [4.69, 9.17) is 0 Å². The van der Waals surface area contributed by atoms with Crippen LogP contribution >= 0.6 is 0 Å². The maximum absolute atomic E-state index is 3.95. The van der Waals surface area contributed by atoms with Gasteiger partial charge in [-0.1, -0.05) is 178 Å². The van der Waals surface area contributed by atoms with Gasteiger partial charge in [0.25, 0.3) is 0 Å². The minimum Gasteiger partial charge on any atom is -0.310 e. The van der Waals surface area contributed by atoms with Crippen molar-refractivity contribution in [2.75, 3.05) is 4.90 Å². The molecule has 1 heteroatoms. The number of anilines is 3. The average Bonchev–Trinajstić information content (AvgIpc) is 3.76. The molecule has 10 rings (SSSR count). The molecule has 1 nitrogen and oxygen atoms in total. The van der Waals surface area contributed by atoms with Gasteiger partial charge in [0.2, 0.25) is 0 Å². The van der Waals surface area contributed by atoms with E-state index in [0.717, 1.165) is 37.1 Å². The lowest BCUT2D eigenvalue weighted by Crippen LogP contribution is -2.28. The van der Waals surface area contributed by atoms with Crippen LogP contribution in [0, 0.1) is 5.92 Å². The molecule has 0 heterocycles. The molecule has 4 atom stereocenters. The van der Waals surface area contributed by atoms with Crippen LogP contribution in [-0.2, 0) is 10.8 Å². The molecule has 0 saturated heterocycles. The molecule has 0 aliphatic heterocycles. The fourth-order valence-electron chi connectivity index (χ4n) is 11.4. The van der Waals surface area contributed by atoms with E-state index >= 15 is 0 Å². The Balaban J connectivity index is 1.06. The molecule has 6 aromatic rings. The van der Waals surface area contributed by atoms with Gasteiger partial charge in [0.15, 0.2) is 0 Å². The summed E-state index contributed by atoms with van der Waals surface area (Å²) in [6.45, 7) is 8.89. The third-order valence-electron chi connectivity index (χ3n) is 14.4. The Bertz CT molecular complexity index is 2640. The third-order valence-corrected chi connectivity index (χ3v) is 14.4. The number of hydrogen-bond donors (Lipinski definition) is 0. The highest BCUT2D eigenvalue weighted by Crippen LogP contribution is 2.58. The topological polar surface area (TPSA) is 3.24 Å². The summed E-state index contributed by atoms with van der Waals surface area (Å²) in [6.07, 6.45) is 24.9. The molecule has 4 unspecified atom stereocenters. The van der Waals surface area contributed by atoms with Gasteiger partial charge in [0.05, 0.1) is 0 Å². The molecule has 0 spiro atoms. The molecule has 6 aromatic carbocycles. The molecule has 0 bridgehead atoms. The number of hydrogen-bond acceptors (Lipinski definition) is 1. The molecule has 60 heavy (non-hydrogen) atoms. The second kappa shape index (κ2) is 15.8. The first-order chi connectivity index (χ1) is 29.5. The molecule has 0 saturated carbocycles. The van der Waals surface area contributed by atoms with Gasteiger partial charge in [-0.2, -0.15) is 0 Å². The van der Waals surface area contributed by atoms with Gasteiger partial charge < -0.3 is 4.90 Å². The minimum absolute atomic E-state index is 0.112.